The number of aromatic amines is 1. The number of ether oxygens (including phenoxy) is 2. The summed E-state index contributed by atoms with van der Waals surface area (Å²) in [6.07, 6.45) is 0.526. The minimum atomic E-state index is -0.791. The predicted octanol–water partition coefficient (Wildman–Crippen LogP) is 0.863. The Bertz CT molecular complexity index is 630. The second kappa shape index (κ2) is 4.87. The first-order valence-electron chi connectivity index (χ1n) is 5.34. The Labute approximate surface area is 103 Å². The summed E-state index contributed by atoms with van der Waals surface area (Å²) in [4.78, 5) is 29.5. The summed E-state index contributed by atoms with van der Waals surface area (Å²) in [5, 5.41) is 0.316. The van der Waals surface area contributed by atoms with Crippen LogP contribution in [0.1, 0.15) is 6.92 Å². The van der Waals surface area contributed by atoms with Gasteiger partial charge in [-0.15, -0.1) is 0 Å². The van der Waals surface area contributed by atoms with Gasteiger partial charge in [-0.05, 0) is 19.1 Å². The smallest absolute Gasteiger partial charge is 0.346 e. The van der Waals surface area contributed by atoms with Crippen molar-refractivity contribution in [2.75, 3.05) is 7.11 Å². The standard InChI is InChI=1S/C12H12N2O4/c1-7(12(16)17-2)18-9-5-3-4-8-10(9)11(15)14-6-13-8/h3-7H,1-2H3,(H,13,14,15)/t7-/m1/s1. The number of hydrogen-bond donors (Lipinski definition) is 1. The van der Waals surface area contributed by atoms with E-state index >= 15 is 0 Å². The normalized spacial score (nSPS) is 12.1. The molecular formula is C12H12N2O4. The van der Waals surface area contributed by atoms with E-state index in [1.807, 2.05) is 0 Å². The highest BCUT2D eigenvalue weighted by Gasteiger charge is 2.17. The molecule has 2 rings (SSSR count). The van der Waals surface area contributed by atoms with E-state index in [1.165, 1.54) is 13.4 Å². The van der Waals surface area contributed by atoms with Crippen molar-refractivity contribution in [3.8, 4) is 5.75 Å². The lowest BCUT2D eigenvalue weighted by Gasteiger charge is -2.13. The Morgan fingerprint density at radius 1 is 1.44 bits per heavy atom. The maximum absolute atomic E-state index is 11.7. The number of benzene rings is 1. The van der Waals surface area contributed by atoms with Crippen LogP contribution in [0.2, 0.25) is 0 Å². The van der Waals surface area contributed by atoms with Gasteiger partial charge in [0, 0.05) is 0 Å². The lowest BCUT2D eigenvalue weighted by atomic mass is 10.2. The molecule has 0 radical (unpaired) electrons. The molecular weight excluding hydrogens is 236 g/mol. The van der Waals surface area contributed by atoms with Gasteiger partial charge in [0.05, 0.1) is 19.0 Å². The molecule has 0 spiro atoms. The zero-order chi connectivity index (χ0) is 13.1. The summed E-state index contributed by atoms with van der Waals surface area (Å²) in [5.74, 6) is -0.202. The van der Waals surface area contributed by atoms with Gasteiger partial charge < -0.3 is 14.5 Å². The van der Waals surface area contributed by atoms with Gasteiger partial charge in [0.1, 0.15) is 11.1 Å². The van der Waals surface area contributed by atoms with E-state index in [0.717, 1.165) is 0 Å². The quantitative estimate of drug-likeness (QED) is 0.815. The van der Waals surface area contributed by atoms with Gasteiger partial charge in [0.2, 0.25) is 0 Å². The van der Waals surface area contributed by atoms with E-state index in [-0.39, 0.29) is 5.56 Å². The highest BCUT2D eigenvalue weighted by Crippen LogP contribution is 2.21. The fourth-order valence-electron chi connectivity index (χ4n) is 1.59. The summed E-state index contributed by atoms with van der Waals surface area (Å²) in [6.45, 7) is 1.55. The molecule has 0 bridgehead atoms. The van der Waals surface area contributed by atoms with Crippen LogP contribution in [0.3, 0.4) is 0 Å². The van der Waals surface area contributed by atoms with E-state index < -0.39 is 12.1 Å². The van der Waals surface area contributed by atoms with E-state index in [1.54, 1.807) is 25.1 Å². The minimum Gasteiger partial charge on any atom is -0.478 e. The Morgan fingerprint density at radius 2 is 2.22 bits per heavy atom. The van der Waals surface area contributed by atoms with Gasteiger partial charge >= 0.3 is 5.97 Å². The van der Waals surface area contributed by atoms with Gasteiger partial charge in [-0.25, -0.2) is 9.78 Å². The molecule has 2 aromatic rings. The van der Waals surface area contributed by atoms with Gasteiger partial charge in [0.25, 0.3) is 5.56 Å². The molecule has 1 atom stereocenters. The number of H-pyrrole nitrogens is 1. The fourth-order valence-corrected chi connectivity index (χ4v) is 1.59. The summed E-state index contributed by atoms with van der Waals surface area (Å²) in [6, 6.07) is 5.01. The van der Waals surface area contributed by atoms with Crippen molar-refractivity contribution >= 4 is 16.9 Å². The molecule has 1 N–H and O–H groups in total. The predicted molar refractivity (Wildman–Crippen MR) is 64.5 cm³/mol. The summed E-state index contributed by atoms with van der Waals surface area (Å²) >= 11 is 0. The summed E-state index contributed by atoms with van der Waals surface area (Å²) in [5.41, 5.74) is 0.195. The maximum atomic E-state index is 11.7. The molecule has 1 aromatic heterocycles. The molecule has 0 amide bonds. The first kappa shape index (κ1) is 12.1. The van der Waals surface area contributed by atoms with E-state index in [4.69, 9.17) is 4.74 Å². The van der Waals surface area contributed by atoms with Crippen LogP contribution in [0.4, 0.5) is 0 Å². The second-order valence-corrected chi connectivity index (χ2v) is 3.67. The number of carbonyl (C=O) groups excluding carboxylic acids is 1. The Morgan fingerprint density at radius 3 is 2.94 bits per heavy atom. The Kier molecular flexibility index (Phi) is 3.27. The molecule has 1 aromatic carbocycles. The lowest BCUT2D eigenvalue weighted by molar-refractivity contribution is -0.147. The number of carbonyl (C=O) groups is 1. The third-order valence-corrected chi connectivity index (χ3v) is 2.47. The molecule has 0 fully saturated rings. The van der Waals surface area contributed by atoms with Crippen molar-refractivity contribution in [3.05, 3.63) is 34.9 Å². The Balaban J connectivity index is 2.46. The number of nitrogens with zero attached hydrogens (tertiary/aromatic N) is 1. The van der Waals surface area contributed by atoms with Crippen LogP contribution in [0.25, 0.3) is 10.9 Å². The number of fused-ring (bicyclic) bond motifs is 1. The van der Waals surface area contributed by atoms with Crippen LogP contribution in [0.5, 0.6) is 5.75 Å². The molecule has 6 heteroatoms. The Hall–Kier alpha value is -2.37. The zero-order valence-electron chi connectivity index (χ0n) is 9.97. The molecule has 0 aliphatic carbocycles. The van der Waals surface area contributed by atoms with Gasteiger partial charge in [0.15, 0.2) is 6.10 Å². The molecule has 94 valence electrons. The maximum Gasteiger partial charge on any atom is 0.346 e. The molecule has 0 saturated carbocycles. The third kappa shape index (κ3) is 2.17. The SMILES string of the molecule is COC(=O)[C@@H](C)Oc1cccc2nc[nH]c(=O)c12. The van der Waals surface area contributed by atoms with Crippen LogP contribution in [0, 0.1) is 0 Å². The van der Waals surface area contributed by atoms with Crippen molar-refractivity contribution in [1.29, 1.82) is 0 Å². The van der Waals surface area contributed by atoms with Crippen molar-refractivity contribution in [2.45, 2.75) is 13.0 Å². The van der Waals surface area contributed by atoms with Crippen molar-refractivity contribution in [2.24, 2.45) is 0 Å². The first-order chi connectivity index (χ1) is 8.63. The number of nitrogens with one attached hydrogen (secondary N) is 1. The number of aromatic nitrogens is 2. The van der Waals surface area contributed by atoms with E-state index in [9.17, 15) is 9.59 Å². The topological polar surface area (TPSA) is 81.3 Å². The molecule has 1 heterocycles. The number of methoxy groups -OCH3 is 1. The van der Waals surface area contributed by atoms with Crippen molar-refractivity contribution in [3.63, 3.8) is 0 Å². The minimum absolute atomic E-state index is 0.305. The summed E-state index contributed by atoms with van der Waals surface area (Å²) in [7, 11) is 1.28. The molecule has 0 aliphatic heterocycles. The molecule has 0 saturated heterocycles. The average Bonchev–Trinajstić information content (AvgIpc) is 2.38. The van der Waals surface area contributed by atoms with E-state index in [2.05, 4.69) is 14.7 Å². The van der Waals surface area contributed by atoms with Crippen molar-refractivity contribution < 1.29 is 14.3 Å². The van der Waals surface area contributed by atoms with Crippen LogP contribution in [-0.2, 0) is 9.53 Å². The van der Waals surface area contributed by atoms with Crippen LogP contribution < -0.4 is 10.3 Å². The lowest BCUT2D eigenvalue weighted by Crippen LogP contribution is -2.25. The number of esters is 1. The van der Waals surface area contributed by atoms with Gasteiger partial charge in [-0.3, -0.25) is 4.79 Å². The third-order valence-electron chi connectivity index (χ3n) is 2.47. The molecule has 6 nitrogen and oxygen atoms in total. The average molecular weight is 248 g/mol. The summed E-state index contributed by atoms with van der Waals surface area (Å²) < 4.78 is 9.99. The molecule has 0 aliphatic rings. The monoisotopic (exact) mass is 248 g/mol. The zero-order valence-corrected chi connectivity index (χ0v) is 9.97. The van der Waals surface area contributed by atoms with Crippen LogP contribution in [-0.4, -0.2) is 29.2 Å². The number of rotatable bonds is 3. The second-order valence-electron chi connectivity index (χ2n) is 3.67. The first-order valence-corrected chi connectivity index (χ1v) is 5.34. The number of hydrogen-bond acceptors (Lipinski definition) is 5. The molecule has 18 heavy (non-hydrogen) atoms. The largest absolute Gasteiger partial charge is 0.478 e. The van der Waals surface area contributed by atoms with Crippen molar-refractivity contribution in [1.82, 2.24) is 9.97 Å². The van der Waals surface area contributed by atoms with Crippen LogP contribution in [0.15, 0.2) is 29.3 Å². The van der Waals surface area contributed by atoms with Crippen LogP contribution >= 0.6 is 0 Å². The fraction of sp³-hybridized carbons (Fsp3) is 0.250. The van der Waals surface area contributed by atoms with Gasteiger partial charge in [-0.2, -0.15) is 0 Å². The van der Waals surface area contributed by atoms with E-state index in [0.29, 0.717) is 16.7 Å². The molecule has 0 unspecified atom stereocenters. The van der Waals surface area contributed by atoms with Gasteiger partial charge in [-0.1, -0.05) is 6.07 Å². The highest BCUT2D eigenvalue weighted by molar-refractivity contribution is 5.84. The highest BCUT2D eigenvalue weighted by atomic mass is 16.6.